The number of benzene rings is 2. The fraction of sp³-hybridized carbons (Fsp3) is 0.190. The van der Waals surface area contributed by atoms with Crippen LogP contribution < -0.4 is 14.8 Å². The second-order valence-electron chi connectivity index (χ2n) is 6.01. The lowest BCUT2D eigenvalue weighted by Gasteiger charge is -2.11. The summed E-state index contributed by atoms with van der Waals surface area (Å²) in [6, 6.07) is 15.3. The van der Waals surface area contributed by atoms with Crippen molar-refractivity contribution in [3.05, 3.63) is 83.8 Å². The van der Waals surface area contributed by atoms with Gasteiger partial charge in [0.2, 0.25) is 0 Å². The number of ether oxygens (including phenoxy) is 2. The molecule has 0 aliphatic heterocycles. The molecule has 0 saturated carbocycles. The van der Waals surface area contributed by atoms with Crippen molar-refractivity contribution in [2.45, 2.75) is 12.8 Å². The van der Waals surface area contributed by atoms with Gasteiger partial charge in [0.15, 0.2) is 5.76 Å². The molecule has 3 rings (SSSR count). The standard InChI is InChI=1S/C21H18F3NO4/c22-21(23,24)16-5-4-8-18(13-16)27-12-10-25-20(26)19-15(9-11-28-19)14-29-17-6-2-1-3-7-17/h1-9,11,13H,10,12,14H2,(H,25,26). The summed E-state index contributed by atoms with van der Waals surface area (Å²) < 4.78 is 54.2. The zero-order chi connectivity index (χ0) is 20.7. The van der Waals surface area contributed by atoms with E-state index in [0.29, 0.717) is 11.3 Å². The van der Waals surface area contributed by atoms with E-state index in [4.69, 9.17) is 13.9 Å². The maximum atomic E-state index is 12.7. The third-order valence-electron chi connectivity index (χ3n) is 3.91. The van der Waals surface area contributed by atoms with Crippen LogP contribution >= 0.6 is 0 Å². The van der Waals surface area contributed by atoms with Gasteiger partial charge in [-0.1, -0.05) is 24.3 Å². The van der Waals surface area contributed by atoms with Crippen LogP contribution in [0.5, 0.6) is 11.5 Å². The summed E-state index contributed by atoms with van der Waals surface area (Å²) in [5.41, 5.74) is -0.220. The van der Waals surface area contributed by atoms with Gasteiger partial charge in [0, 0.05) is 5.56 Å². The third kappa shape index (κ3) is 5.78. The molecule has 0 aliphatic carbocycles. The topological polar surface area (TPSA) is 60.7 Å². The Bertz CT molecular complexity index is 938. The van der Waals surface area contributed by atoms with Crippen molar-refractivity contribution < 1.29 is 31.9 Å². The van der Waals surface area contributed by atoms with Gasteiger partial charge in [0.25, 0.3) is 5.91 Å². The van der Waals surface area contributed by atoms with Gasteiger partial charge >= 0.3 is 6.18 Å². The quantitative estimate of drug-likeness (QED) is 0.553. The lowest BCUT2D eigenvalue weighted by Crippen LogP contribution is -2.28. The molecule has 8 heteroatoms. The summed E-state index contributed by atoms with van der Waals surface area (Å²) >= 11 is 0. The number of rotatable bonds is 8. The van der Waals surface area contributed by atoms with Crippen molar-refractivity contribution in [3.63, 3.8) is 0 Å². The fourth-order valence-electron chi connectivity index (χ4n) is 2.50. The molecular formula is C21H18F3NO4. The Labute approximate surface area is 165 Å². The molecule has 1 heterocycles. The van der Waals surface area contributed by atoms with E-state index >= 15 is 0 Å². The summed E-state index contributed by atoms with van der Waals surface area (Å²) in [7, 11) is 0. The summed E-state index contributed by atoms with van der Waals surface area (Å²) in [6.45, 7) is 0.252. The molecule has 1 N–H and O–H groups in total. The molecule has 0 atom stereocenters. The average molecular weight is 405 g/mol. The molecule has 29 heavy (non-hydrogen) atoms. The number of hydrogen-bond donors (Lipinski definition) is 1. The lowest BCUT2D eigenvalue weighted by atomic mass is 10.2. The lowest BCUT2D eigenvalue weighted by molar-refractivity contribution is -0.137. The first-order chi connectivity index (χ1) is 13.9. The fourth-order valence-corrected chi connectivity index (χ4v) is 2.50. The summed E-state index contributed by atoms with van der Waals surface area (Å²) in [6.07, 6.45) is -3.05. The maximum Gasteiger partial charge on any atom is 0.416 e. The van der Waals surface area contributed by atoms with Gasteiger partial charge in [-0.05, 0) is 36.4 Å². The van der Waals surface area contributed by atoms with Crippen LogP contribution in [0.1, 0.15) is 21.7 Å². The summed E-state index contributed by atoms with van der Waals surface area (Å²) in [4.78, 5) is 12.3. The first-order valence-corrected chi connectivity index (χ1v) is 8.76. The molecular weight excluding hydrogens is 387 g/mol. The first kappa shape index (κ1) is 20.3. The minimum absolute atomic E-state index is 0.00358. The molecule has 0 radical (unpaired) electrons. The monoisotopic (exact) mass is 405 g/mol. The Morgan fingerprint density at radius 1 is 0.966 bits per heavy atom. The molecule has 0 bridgehead atoms. The smallest absolute Gasteiger partial charge is 0.416 e. The Morgan fingerprint density at radius 2 is 1.72 bits per heavy atom. The van der Waals surface area contributed by atoms with Crippen LogP contribution in [0, 0.1) is 0 Å². The molecule has 0 fully saturated rings. The molecule has 5 nitrogen and oxygen atoms in total. The number of carbonyl (C=O) groups excluding carboxylic acids is 1. The number of carbonyl (C=O) groups is 1. The van der Waals surface area contributed by atoms with Crippen LogP contribution in [0.25, 0.3) is 0 Å². The van der Waals surface area contributed by atoms with Gasteiger partial charge in [-0.3, -0.25) is 4.79 Å². The molecule has 152 valence electrons. The van der Waals surface area contributed by atoms with Crippen LogP contribution in [0.3, 0.4) is 0 Å². The second-order valence-corrected chi connectivity index (χ2v) is 6.01. The molecule has 0 aliphatic rings. The van der Waals surface area contributed by atoms with Gasteiger partial charge in [-0.25, -0.2) is 0 Å². The highest BCUT2D eigenvalue weighted by Gasteiger charge is 2.30. The Hall–Kier alpha value is -3.42. The highest BCUT2D eigenvalue weighted by Crippen LogP contribution is 2.31. The normalized spacial score (nSPS) is 11.1. The van der Waals surface area contributed by atoms with E-state index < -0.39 is 17.6 Å². The minimum atomic E-state index is -4.44. The average Bonchev–Trinajstić information content (AvgIpc) is 3.19. The Kier molecular flexibility index (Phi) is 6.43. The van der Waals surface area contributed by atoms with Crippen molar-refractivity contribution in [2.75, 3.05) is 13.2 Å². The second kappa shape index (κ2) is 9.18. The van der Waals surface area contributed by atoms with Crippen molar-refractivity contribution in [1.29, 1.82) is 0 Å². The zero-order valence-corrected chi connectivity index (χ0v) is 15.2. The number of halogens is 3. The van der Waals surface area contributed by atoms with E-state index in [-0.39, 0.29) is 31.3 Å². The minimum Gasteiger partial charge on any atom is -0.492 e. The number of alkyl halides is 3. The number of amides is 1. The molecule has 1 amide bonds. The maximum absolute atomic E-state index is 12.7. The summed E-state index contributed by atoms with van der Waals surface area (Å²) in [5.74, 6) is 0.382. The van der Waals surface area contributed by atoms with Crippen molar-refractivity contribution in [1.82, 2.24) is 5.32 Å². The van der Waals surface area contributed by atoms with E-state index in [2.05, 4.69) is 5.32 Å². The van der Waals surface area contributed by atoms with Gasteiger partial charge in [0.05, 0.1) is 18.4 Å². The predicted molar refractivity (Wildman–Crippen MR) is 98.8 cm³/mol. The van der Waals surface area contributed by atoms with Gasteiger partial charge in [-0.15, -0.1) is 0 Å². The van der Waals surface area contributed by atoms with Crippen LogP contribution in [0.4, 0.5) is 13.2 Å². The number of furan rings is 1. The van der Waals surface area contributed by atoms with Crippen LogP contribution in [-0.2, 0) is 12.8 Å². The molecule has 0 unspecified atom stereocenters. The van der Waals surface area contributed by atoms with Gasteiger partial charge in [-0.2, -0.15) is 13.2 Å². The molecule has 0 saturated heterocycles. The van der Waals surface area contributed by atoms with Crippen molar-refractivity contribution in [3.8, 4) is 11.5 Å². The molecule has 1 aromatic heterocycles. The SMILES string of the molecule is O=C(NCCOc1cccc(C(F)(F)F)c1)c1occc1COc1ccccc1. The van der Waals surface area contributed by atoms with Gasteiger partial charge < -0.3 is 19.2 Å². The first-order valence-electron chi connectivity index (χ1n) is 8.76. The highest BCUT2D eigenvalue weighted by atomic mass is 19.4. The number of hydrogen-bond acceptors (Lipinski definition) is 4. The van der Waals surface area contributed by atoms with Crippen LogP contribution in [0.15, 0.2) is 71.3 Å². The predicted octanol–water partition coefficient (Wildman–Crippen LogP) is 4.69. The highest BCUT2D eigenvalue weighted by molar-refractivity contribution is 5.92. The van der Waals surface area contributed by atoms with Crippen molar-refractivity contribution >= 4 is 5.91 Å². The van der Waals surface area contributed by atoms with E-state index in [0.717, 1.165) is 12.1 Å². The van der Waals surface area contributed by atoms with E-state index in [1.54, 1.807) is 18.2 Å². The van der Waals surface area contributed by atoms with E-state index in [1.165, 1.54) is 18.4 Å². The van der Waals surface area contributed by atoms with Crippen LogP contribution in [0.2, 0.25) is 0 Å². The third-order valence-corrected chi connectivity index (χ3v) is 3.91. The summed E-state index contributed by atoms with van der Waals surface area (Å²) in [5, 5.41) is 2.60. The molecule has 0 spiro atoms. The van der Waals surface area contributed by atoms with Crippen molar-refractivity contribution in [2.24, 2.45) is 0 Å². The zero-order valence-electron chi connectivity index (χ0n) is 15.2. The number of nitrogens with one attached hydrogen (secondary N) is 1. The van der Waals surface area contributed by atoms with E-state index in [1.807, 2.05) is 18.2 Å². The number of para-hydroxylation sites is 1. The Balaban J connectivity index is 1.47. The Morgan fingerprint density at radius 3 is 2.48 bits per heavy atom. The molecule has 3 aromatic rings. The largest absolute Gasteiger partial charge is 0.492 e. The van der Waals surface area contributed by atoms with Crippen LogP contribution in [-0.4, -0.2) is 19.1 Å². The van der Waals surface area contributed by atoms with E-state index in [9.17, 15) is 18.0 Å². The van der Waals surface area contributed by atoms with Gasteiger partial charge in [0.1, 0.15) is 24.7 Å². The molecule has 2 aromatic carbocycles.